The molecule has 19 heavy (non-hydrogen) atoms. The molecule has 0 radical (unpaired) electrons. The molecule has 1 saturated carbocycles. The van der Waals surface area contributed by atoms with Crippen LogP contribution in [-0.2, 0) is 12.2 Å². The first-order chi connectivity index (χ1) is 9.29. The van der Waals surface area contributed by atoms with E-state index in [9.17, 15) is 4.79 Å². The number of amides is 1. The predicted molar refractivity (Wildman–Crippen MR) is 79.9 cm³/mol. The van der Waals surface area contributed by atoms with E-state index in [0.717, 1.165) is 29.9 Å². The molecule has 0 unspecified atom stereocenters. The molecule has 0 aromatic carbocycles. The van der Waals surface area contributed by atoms with Crippen molar-refractivity contribution < 1.29 is 9.90 Å². The van der Waals surface area contributed by atoms with Gasteiger partial charge in [-0.05, 0) is 43.1 Å². The Bertz CT molecular complexity index is 445. The molecule has 0 spiro atoms. The lowest BCUT2D eigenvalue weighted by Crippen LogP contribution is -2.45. The summed E-state index contributed by atoms with van der Waals surface area (Å²) in [5.74, 6) is 2.34. The van der Waals surface area contributed by atoms with Gasteiger partial charge in [0.2, 0.25) is 0 Å². The molecule has 0 saturated heterocycles. The molecule has 2 aliphatic rings. The lowest BCUT2D eigenvalue weighted by atomic mass is 9.91. The van der Waals surface area contributed by atoms with Crippen LogP contribution in [0.25, 0.3) is 0 Å². The van der Waals surface area contributed by atoms with Gasteiger partial charge >= 0.3 is 0 Å². The van der Waals surface area contributed by atoms with Gasteiger partial charge in [0.1, 0.15) is 0 Å². The van der Waals surface area contributed by atoms with Gasteiger partial charge in [-0.25, -0.2) is 0 Å². The van der Waals surface area contributed by atoms with Crippen LogP contribution in [0.3, 0.4) is 0 Å². The van der Waals surface area contributed by atoms with Gasteiger partial charge in [0, 0.05) is 23.2 Å². The summed E-state index contributed by atoms with van der Waals surface area (Å²) in [7, 11) is 0. The number of rotatable bonds is 4. The van der Waals surface area contributed by atoms with Crippen LogP contribution in [0.15, 0.2) is 6.07 Å². The third kappa shape index (κ3) is 2.69. The Morgan fingerprint density at radius 2 is 2.32 bits per heavy atom. The number of thiophene rings is 1. The van der Waals surface area contributed by atoms with Gasteiger partial charge < -0.3 is 10.0 Å². The molecule has 1 amide bonds. The fourth-order valence-electron chi connectivity index (χ4n) is 2.65. The van der Waals surface area contributed by atoms with E-state index in [1.54, 1.807) is 11.3 Å². The van der Waals surface area contributed by atoms with Crippen molar-refractivity contribution in [3.05, 3.63) is 21.4 Å². The maximum atomic E-state index is 12.6. The van der Waals surface area contributed by atoms with Crippen LogP contribution in [0.4, 0.5) is 0 Å². The number of aryl methyl sites for hydroxylation is 1. The van der Waals surface area contributed by atoms with Gasteiger partial charge in [-0.3, -0.25) is 4.79 Å². The van der Waals surface area contributed by atoms with E-state index >= 15 is 0 Å². The second kappa shape index (κ2) is 5.85. The lowest BCUT2D eigenvalue weighted by Gasteiger charge is -2.37. The molecular formula is C14H19NO2S2. The van der Waals surface area contributed by atoms with Crippen molar-refractivity contribution in [3.8, 4) is 0 Å². The van der Waals surface area contributed by atoms with Gasteiger partial charge in [0.05, 0.1) is 11.5 Å². The molecule has 3 nitrogen and oxygen atoms in total. The number of aliphatic hydroxyl groups excluding tert-OH is 1. The highest BCUT2D eigenvalue weighted by Crippen LogP contribution is 2.33. The van der Waals surface area contributed by atoms with Crippen molar-refractivity contribution in [3.63, 3.8) is 0 Å². The Labute approximate surface area is 122 Å². The monoisotopic (exact) mass is 297 g/mol. The van der Waals surface area contributed by atoms with Crippen LogP contribution in [0, 0.1) is 0 Å². The normalized spacial score (nSPS) is 18.8. The first-order valence-corrected chi connectivity index (χ1v) is 8.88. The Hall–Kier alpha value is -0.520. The summed E-state index contributed by atoms with van der Waals surface area (Å²) in [6.45, 7) is 0.532. The maximum absolute atomic E-state index is 12.6. The van der Waals surface area contributed by atoms with Crippen LogP contribution < -0.4 is 0 Å². The average Bonchev–Trinajstić information content (AvgIpc) is 2.79. The molecule has 2 heterocycles. The number of carbonyl (C=O) groups excluding carboxylic acids is 1. The second-order valence-electron chi connectivity index (χ2n) is 5.17. The minimum absolute atomic E-state index is 0.0587. The zero-order valence-electron chi connectivity index (χ0n) is 10.9. The third-order valence-electron chi connectivity index (χ3n) is 3.96. The number of aliphatic hydroxyl groups is 1. The minimum Gasteiger partial charge on any atom is -0.395 e. The number of carbonyl (C=O) groups is 1. The molecule has 1 fully saturated rings. The fraction of sp³-hybridized carbons (Fsp3) is 0.643. The Morgan fingerprint density at radius 1 is 1.47 bits per heavy atom. The molecule has 1 aliphatic heterocycles. The van der Waals surface area contributed by atoms with Gasteiger partial charge in [-0.2, -0.15) is 11.8 Å². The fourth-order valence-corrected chi connectivity index (χ4v) is 4.98. The highest BCUT2D eigenvalue weighted by Gasteiger charge is 2.30. The summed E-state index contributed by atoms with van der Waals surface area (Å²) in [4.78, 5) is 16.7. The summed E-state index contributed by atoms with van der Waals surface area (Å²) < 4.78 is 0. The maximum Gasteiger partial charge on any atom is 0.264 e. The largest absolute Gasteiger partial charge is 0.395 e. The smallest absolute Gasteiger partial charge is 0.264 e. The van der Waals surface area contributed by atoms with Crippen molar-refractivity contribution >= 4 is 29.0 Å². The SMILES string of the molecule is O=C(c1cc2c(s1)CCSC2)N(CCO)C1CCC1. The summed E-state index contributed by atoms with van der Waals surface area (Å²) in [6.07, 6.45) is 4.48. The van der Waals surface area contributed by atoms with E-state index in [1.165, 1.54) is 22.6 Å². The molecule has 1 aromatic heterocycles. The van der Waals surface area contributed by atoms with E-state index in [4.69, 9.17) is 5.11 Å². The number of nitrogens with zero attached hydrogens (tertiary/aromatic N) is 1. The first kappa shape index (κ1) is 13.5. The van der Waals surface area contributed by atoms with Crippen molar-refractivity contribution in [2.75, 3.05) is 18.9 Å². The van der Waals surface area contributed by atoms with Gasteiger partial charge in [-0.1, -0.05) is 0 Å². The van der Waals surface area contributed by atoms with Crippen LogP contribution in [0.5, 0.6) is 0 Å². The molecule has 104 valence electrons. The van der Waals surface area contributed by atoms with E-state index in [1.807, 2.05) is 16.7 Å². The standard InChI is InChI=1S/C14H19NO2S2/c16-6-5-15(11-2-1-3-11)14(17)13-8-10-9-18-7-4-12(10)19-13/h8,11,16H,1-7,9H2. The topological polar surface area (TPSA) is 40.5 Å². The van der Waals surface area contributed by atoms with Crippen molar-refractivity contribution in [1.29, 1.82) is 0 Å². The third-order valence-corrected chi connectivity index (χ3v) is 6.19. The van der Waals surface area contributed by atoms with Gasteiger partial charge in [-0.15, -0.1) is 11.3 Å². The van der Waals surface area contributed by atoms with Gasteiger partial charge in [0.15, 0.2) is 0 Å². The van der Waals surface area contributed by atoms with Crippen LogP contribution in [0.2, 0.25) is 0 Å². The second-order valence-corrected chi connectivity index (χ2v) is 7.41. The molecule has 0 bridgehead atoms. The Kier molecular flexibility index (Phi) is 4.15. The Balaban J connectivity index is 1.78. The van der Waals surface area contributed by atoms with Crippen LogP contribution >= 0.6 is 23.1 Å². The number of fused-ring (bicyclic) bond motifs is 1. The molecule has 1 aromatic rings. The van der Waals surface area contributed by atoms with Crippen molar-refractivity contribution in [1.82, 2.24) is 4.90 Å². The van der Waals surface area contributed by atoms with Gasteiger partial charge in [0.25, 0.3) is 5.91 Å². The number of hydrogen-bond donors (Lipinski definition) is 1. The predicted octanol–water partition coefficient (Wildman–Crippen LogP) is 2.52. The summed E-state index contributed by atoms with van der Waals surface area (Å²) in [6, 6.07) is 2.44. The van der Waals surface area contributed by atoms with E-state index in [-0.39, 0.29) is 12.5 Å². The van der Waals surface area contributed by atoms with Crippen LogP contribution in [0.1, 0.15) is 39.4 Å². The number of hydrogen-bond acceptors (Lipinski definition) is 4. The van der Waals surface area contributed by atoms with Crippen LogP contribution in [-0.4, -0.2) is 40.9 Å². The summed E-state index contributed by atoms with van der Waals surface area (Å²) in [5.41, 5.74) is 1.35. The zero-order valence-corrected chi connectivity index (χ0v) is 12.6. The Morgan fingerprint density at radius 3 is 2.95 bits per heavy atom. The molecule has 3 rings (SSSR count). The zero-order chi connectivity index (χ0) is 13.2. The molecule has 1 aliphatic carbocycles. The van der Waals surface area contributed by atoms with Crippen molar-refractivity contribution in [2.24, 2.45) is 0 Å². The molecular weight excluding hydrogens is 278 g/mol. The summed E-state index contributed by atoms with van der Waals surface area (Å²) in [5, 5.41) is 9.17. The molecule has 5 heteroatoms. The summed E-state index contributed by atoms with van der Waals surface area (Å²) >= 11 is 3.61. The van der Waals surface area contributed by atoms with E-state index in [2.05, 4.69) is 6.07 Å². The van der Waals surface area contributed by atoms with E-state index < -0.39 is 0 Å². The highest BCUT2D eigenvalue weighted by atomic mass is 32.2. The average molecular weight is 297 g/mol. The first-order valence-electron chi connectivity index (χ1n) is 6.90. The molecule has 1 N–H and O–H groups in total. The molecule has 0 atom stereocenters. The lowest BCUT2D eigenvalue weighted by molar-refractivity contribution is 0.0530. The minimum atomic E-state index is 0.0587. The van der Waals surface area contributed by atoms with Crippen molar-refractivity contribution in [2.45, 2.75) is 37.5 Å². The quantitative estimate of drug-likeness (QED) is 0.928. The number of thioether (sulfide) groups is 1. The van der Waals surface area contributed by atoms with E-state index in [0.29, 0.717) is 12.6 Å². The highest BCUT2D eigenvalue weighted by molar-refractivity contribution is 7.98.